The van der Waals surface area contributed by atoms with Gasteiger partial charge in [-0.1, -0.05) is 32.1 Å². The number of aliphatic hydroxyl groups excluding tert-OH is 1. The van der Waals surface area contributed by atoms with Crippen molar-refractivity contribution in [1.82, 2.24) is 4.90 Å². The molecule has 0 aromatic carbocycles. The zero-order valence-corrected chi connectivity index (χ0v) is 13.3. The van der Waals surface area contributed by atoms with E-state index in [9.17, 15) is 4.79 Å². The lowest BCUT2D eigenvalue weighted by Gasteiger charge is -2.18. The Morgan fingerprint density at radius 2 is 2.30 bits per heavy atom. The number of aliphatic hydroxyl groups is 1. The molecule has 1 N–H and O–H groups in total. The van der Waals surface area contributed by atoms with Gasteiger partial charge >= 0.3 is 0 Å². The van der Waals surface area contributed by atoms with E-state index in [4.69, 9.17) is 5.11 Å². The molecule has 0 bridgehead atoms. The van der Waals surface area contributed by atoms with Crippen molar-refractivity contribution < 1.29 is 9.90 Å². The van der Waals surface area contributed by atoms with E-state index in [1.165, 1.54) is 0 Å². The fourth-order valence-electron chi connectivity index (χ4n) is 1.69. The summed E-state index contributed by atoms with van der Waals surface area (Å²) in [6, 6.07) is 2.02. The number of hydrogen-bond acceptors (Lipinski definition) is 3. The van der Waals surface area contributed by atoms with Gasteiger partial charge in [0.2, 0.25) is 5.91 Å². The Kier molecular flexibility index (Phi) is 7.35. The minimum atomic E-state index is 0.0953. The van der Waals surface area contributed by atoms with Gasteiger partial charge in [0, 0.05) is 26.4 Å². The molecular formula is C16H23NO2S. The molecule has 1 atom stereocenters. The molecule has 0 spiro atoms. The van der Waals surface area contributed by atoms with E-state index in [2.05, 4.69) is 25.7 Å². The topological polar surface area (TPSA) is 40.5 Å². The maximum Gasteiger partial charge on any atom is 0.222 e. The van der Waals surface area contributed by atoms with Crippen LogP contribution in [-0.4, -0.2) is 29.6 Å². The van der Waals surface area contributed by atoms with Crippen molar-refractivity contribution >= 4 is 17.2 Å². The zero-order valence-electron chi connectivity index (χ0n) is 12.5. The molecule has 0 aliphatic heterocycles. The third kappa shape index (κ3) is 5.77. The molecule has 0 aliphatic carbocycles. The SMILES string of the molecule is CCC(C)CC(=O)N(C)Cc1csc(C#CCCO)c1. The first-order chi connectivity index (χ1) is 9.56. The summed E-state index contributed by atoms with van der Waals surface area (Å²) >= 11 is 1.58. The summed E-state index contributed by atoms with van der Waals surface area (Å²) in [5.74, 6) is 6.55. The van der Waals surface area contributed by atoms with Gasteiger partial charge in [0.15, 0.2) is 0 Å². The number of carbonyl (C=O) groups is 1. The van der Waals surface area contributed by atoms with Crippen molar-refractivity contribution in [2.45, 2.75) is 39.7 Å². The lowest BCUT2D eigenvalue weighted by Crippen LogP contribution is -2.27. The van der Waals surface area contributed by atoms with Crippen molar-refractivity contribution in [3.63, 3.8) is 0 Å². The van der Waals surface area contributed by atoms with Gasteiger partial charge in [0.25, 0.3) is 0 Å². The maximum atomic E-state index is 12.0. The highest BCUT2D eigenvalue weighted by Crippen LogP contribution is 2.16. The van der Waals surface area contributed by atoms with E-state index in [-0.39, 0.29) is 12.5 Å². The molecule has 1 aromatic rings. The second kappa shape index (κ2) is 8.78. The first-order valence-electron chi connectivity index (χ1n) is 6.97. The van der Waals surface area contributed by atoms with Crippen LogP contribution >= 0.6 is 11.3 Å². The molecule has 1 aromatic heterocycles. The minimum Gasteiger partial charge on any atom is -0.395 e. The molecule has 4 heteroatoms. The molecule has 0 fully saturated rings. The Bertz CT molecular complexity index is 484. The predicted molar refractivity (Wildman–Crippen MR) is 83.4 cm³/mol. The molecule has 110 valence electrons. The zero-order chi connectivity index (χ0) is 15.0. The summed E-state index contributed by atoms with van der Waals surface area (Å²) in [6.07, 6.45) is 2.14. The Morgan fingerprint density at radius 3 is 2.95 bits per heavy atom. The van der Waals surface area contributed by atoms with E-state index in [0.29, 0.717) is 25.3 Å². The number of amides is 1. The van der Waals surface area contributed by atoms with Crippen LogP contribution in [0.3, 0.4) is 0 Å². The molecule has 0 aliphatic rings. The van der Waals surface area contributed by atoms with Crippen LogP contribution in [0.4, 0.5) is 0 Å². The van der Waals surface area contributed by atoms with Crippen LogP contribution in [-0.2, 0) is 11.3 Å². The first-order valence-corrected chi connectivity index (χ1v) is 7.85. The number of carbonyl (C=O) groups excluding carboxylic acids is 1. The fraction of sp³-hybridized carbons (Fsp3) is 0.562. The van der Waals surface area contributed by atoms with Gasteiger partial charge in [-0.2, -0.15) is 0 Å². The van der Waals surface area contributed by atoms with Crippen molar-refractivity contribution in [2.75, 3.05) is 13.7 Å². The summed E-state index contributed by atoms with van der Waals surface area (Å²) < 4.78 is 0. The van der Waals surface area contributed by atoms with Gasteiger partial charge < -0.3 is 10.0 Å². The molecule has 20 heavy (non-hydrogen) atoms. The summed E-state index contributed by atoms with van der Waals surface area (Å²) in [6.45, 7) is 4.94. The average molecular weight is 293 g/mol. The molecule has 1 unspecified atom stereocenters. The van der Waals surface area contributed by atoms with Crippen LogP contribution in [0.25, 0.3) is 0 Å². The Balaban J connectivity index is 2.52. The van der Waals surface area contributed by atoms with E-state index in [0.717, 1.165) is 16.9 Å². The van der Waals surface area contributed by atoms with Gasteiger partial charge in [-0.05, 0) is 22.9 Å². The lowest BCUT2D eigenvalue weighted by atomic mass is 10.0. The molecule has 0 radical (unpaired) electrons. The molecular weight excluding hydrogens is 270 g/mol. The Hall–Kier alpha value is -1.31. The van der Waals surface area contributed by atoms with Crippen molar-refractivity contribution in [3.8, 4) is 11.8 Å². The molecule has 1 amide bonds. The second-order valence-corrected chi connectivity index (χ2v) is 5.97. The van der Waals surface area contributed by atoms with E-state index < -0.39 is 0 Å². The number of hydrogen-bond donors (Lipinski definition) is 1. The van der Waals surface area contributed by atoms with Gasteiger partial charge in [0.1, 0.15) is 0 Å². The molecule has 1 rings (SSSR count). The van der Waals surface area contributed by atoms with Crippen LogP contribution in [0.2, 0.25) is 0 Å². The van der Waals surface area contributed by atoms with Crippen LogP contribution in [0.15, 0.2) is 11.4 Å². The van der Waals surface area contributed by atoms with Crippen molar-refractivity contribution in [3.05, 3.63) is 21.9 Å². The van der Waals surface area contributed by atoms with Gasteiger partial charge in [-0.3, -0.25) is 4.79 Å². The standard InChI is InChI=1S/C16H23NO2S/c1-4-13(2)9-16(19)17(3)11-14-10-15(20-12-14)7-5-6-8-18/h10,12-13,18H,4,6,8-9,11H2,1-3H3. The van der Waals surface area contributed by atoms with Crippen LogP contribution in [0.5, 0.6) is 0 Å². The fourth-order valence-corrected chi connectivity index (χ4v) is 2.46. The lowest BCUT2D eigenvalue weighted by molar-refractivity contribution is -0.131. The summed E-state index contributed by atoms with van der Waals surface area (Å²) in [5.41, 5.74) is 1.11. The van der Waals surface area contributed by atoms with Gasteiger partial charge in [-0.15, -0.1) is 11.3 Å². The number of thiophene rings is 1. The first kappa shape index (κ1) is 16.7. The number of nitrogens with zero attached hydrogens (tertiary/aromatic N) is 1. The van der Waals surface area contributed by atoms with Crippen LogP contribution in [0.1, 0.15) is 43.6 Å². The second-order valence-electron chi connectivity index (χ2n) is 5.06. The normalized spacial score (nSPS) is 11.6. The highest BCUT2D eigenvalue weighted by molar-refractivity contribution is 7.10. The van der Waals surface area contributed by atoms with Crippen LogP contribution < -0.4 is 0 Å². The third-order valence-corrected chi connectivity index (χ3v) is 4.06. The number of rotatable bonds is 6. The van der Waals surface area contributed by atoms with Crippen molar-refractivity contribution in [1.29, 1.82) is 0 Å². The Labute approximate surface area is 125 Å². The molecule has 3 nitrogen and oxygen atoms in total. The average Bonchev–Trinajstić information content (AvgIpc) is 2.86. The monoisotopic (exact) mass is 293 g/mol. The van der Waals surface area contributed by atoms with Crippen LogP contribution in [0, 0.1) is 17.8 Å². The van der Waals surface area contributed by atoms with Crippen molar-refractivity contribution in [2.24, 2.45) is 5.92 Å². The minimum absolute atomic E-state index is 0.0953. The van der Waals surface area contributed by atoms with E-state index in [1.807, 2.05) is 18.5 Å². The van der Waals surface area contributed by atoms with Gasteiger partial charge in [-0.25, -0.2) is 0 Å². The highest BCUT2D eigenvalue weighted by atomic mass is 32.1. The van der Waals surface area contributed by atoms with Gasteiger partial charge in [0.05, 0.1) is 11.5 Å². The molecule has 0 saturated heterocycles. The Morgan fingerprint density at radius 1 is 1.55 bits per heavy atom. The maximum absolute atomic E-state index is 12.0. The highest BCUT2D eigenvalue weighted by Gasteiger charge is 2.13. The largest absolute Gasteiger partial charge is 0.395 e. The predicted octanol–water partition coefficient (Wildman–Crippen LogP) is 2.88. The summed E-state index contributed by atoms with van der Waals surface area (Å²) in [7, 11) is 1.85. The quantitative estimate of drug-likeness (QED) is 0.819. The van der Waals surface area contributed by atoms with E-state index >= 15 is 0 Å². The molecule has 0 saturated carbocycles. The smallest absolute Gasteiger partial charge is 0.222 e. The third-order valence-electron chi connectivity index (χ3n) is 3.17. The summed E-state index contributed by atoms with van der Waals surface area (Å²) in [5, 5.41) is 10.7. The summed E-state index contributed by atoms with van der Waals surface area (Å²) in [4.78, 5) is 14.8. The molecule has 1 heterocycles. The van der Waals surface area contributed by atoms with E-state index in [1.54, 1.807) is 16.2 Å².